The van der Waals surface area contributed by atoms with Crippen LogP contribution in [0.1, 0.15) is 57.9 Å². The molecule has 2 nitrogen and oxygen atoms in total. The highest BCUT2D eigenvalue weighted by Gasteiger charge is 2.19. The van der Waals surface area contributed by atoms with Gasteiger partial charge in [-0.1, -0.05) is 38.8 Å². The molecule has 1 N–H and O–H groups in total. The lowest BCUT2D eigenvalue weighted by Crippen LogP contribution is -2.40. The van der Waals surface area contributed by atoms with E-state index in [-0.39, 0.29) is 0 Å². The highest BCUT2D eigenvalue weighted by atomic mass is 32.1. The molecule has 1 unspecified atom stereocenters. The van der Waals surface area contributed by atoms with Crippen LogP contribution in [0.3, 0.4) is 0 Å². The van der Waals surface area contributed by atoms with E-state index in [0.29, 0.717) is 12.0 Å². The maximum atomic E-state index is 5.59. The van der Waals surface area contributed by atoms with E-state index in [0.717, 1.165) is 17.3 Å². The van der Waals surface area contributed by atoms with E-state index in [1.807, 2.05) is 0 Å². The molecule has 0 bridgehead atoms. The van der Waals surface area contributed by atoms with Gasteiger partial charge in [0.05, 0.1) is 0 Å². The van der Waals surface area contributed by atoms with Crippen molar-refractivity contribution in [1.82, 2.24) is 4.90 Å². The van der Waals surface area contributed by atoms with Crippen LogP contribution in [0.25, 0.3) is 0 Å². The number of nitrogens with one attached hydrogen (secondary N) is 1. The van der Waals surface area contributed by atoms with Gasteiger partial charge in [-0.3, -0.25) is 0 Å². The van der Waals surface area contributed by atoms with Crippen molar-refractivity contribution in [2.75, 3.05) is 11.9 Å². The largest absolute Gasteiger partial charge is 0.346 e. The Morgan fingerprint density at radius 2 is 1.90 bits per heavy atom. The topological polar surface area (TPSA) is 15.3 Å². The van der Waals surface area contributed by atoms with Crippen molar-refractivity contribution in [2.45, 2.75) is 58.4 Å². The molecule has 1 aromatic carbocycles. The molecule has 0 saturated carbocycles. The summed E-state index contributed by atoms with van der Waals surface area (Å²) >= 11 is 5.59. The fourth-order valence-corrected chi connectivity index (χ4v) is 3.11. The third-order valence-corrected chi connectivity index (χ3v) is 4.48. The summed E-state index contributed by atoms with van der Waals surface area (Å²) in [5.41, 5.74) is 2.46. The first-order valence-electron chi connectivity index (χ1n) is 7.75. The highest BCUT2D eigenvalue weighted by Crippen LogP contribution is 2.20. The smallest absolute Gasteiger partial charge is 0.173 e. The van der Waals surface area contributed by atoms with Crippen molar-refractivity contribution in [1.29, 1.82) is 0 Å². The van der Waals surface area contributed by atoms with E-state index in [1.54, 1.807) is 0 Å². The van der Waals surface area contributed by atoms with Crippen molar-refractivity contribution in [3.63, 3.8) is 0 Å². The summed E-state index contributed by atoms with van der Waals surface area (Å²) in [5.74, 6) is 0.571. The molecule has 1 aliphatic heterocycles. The fourth-order valence-electron chi connectivity index (χ4n) is 2.72. The number of hydrogen-bond acceptors (Lipinski definition) is 1. The van der Waals surface area contributed by atoms with Crippen molar-refractivity contribution in [3.05, 3.63) is 29.8 Å². The second-order valence-electron chi connectivity index (χ2n) is 6.10. The molecular weight excluding hydrogens is 264 g/mol. The van der Waals surface area contributed by atoms with Crippen LogP contribution in [0.15, 0.2) is 24.3 Å². The molecule has 3 heteroatoms. The lowest BCUT2D eigenvalue weighted by atomic mass is 10.0. The van der Waals surface area contributed by atoms with Crippen LogP contribution >= 0.6 is 12.2 Å². The van der Waals surface area contributed by atoms with E-state index in [1.165, 1.54) is 31.2 Å². The predicted molar refractivity (Wildman–Crippen MR) is 91.4 cm³/mol. The number of thiocarbonyl (C=S) groups is 1. The van der Waals surface area contributed by atoms with Crippen molar-refractivity contribution in [3.8, 4) is 0 Å². The van der Waals surface area contributed by atoms with Crippen LogP contribution in [0.4, 0.5) is 5.69 Å². The normalized spacial score (nSPS) is 19.8. The average molecular weight is 290 g/mol. The maximum Gasteiger partial charge on any atom is 0.173 e. The molecule has 0 aliphatic carbocycles. The third-order valence-electron chi connectivity index (χ3n) is 4.14. The Kier molecular flexibility index (Phi) is 5.41. The Labute approximate surface area is 128 Å². The third kappa shape index (κ3) is 3.95. The Balaban J connectivity index is 1.99. The lowest BCUT2D eigenvalue weighted by molar-refractivity contribution is 0.341. The van der Waals surface area contributed by atoms with Gasteiger partial charge in [-0.05, 0) is 55.6 Å². The summed E-state index contributed by atoms with van der Waals surface area (Å²) in [5, 5.41) is 4.27. The molecular formula is C17H26N2S. The number of rotatable bonds is 2. The Bertz CT molecular complexity index is 439. The first-order chi connectivity index (χ1) is 9.58. The monoisotopic (exact) mass is 290 g/mol. The number of likely N-dealkylation sites (tertiary alicyclic amines) is 1. The van der Waals surface area contributed by atoms with Gasteiger partial charge in [-0.2, -0.15) is 0 Å². The van der Waals surface area contributed by atoms with E-state index < -0.39 is 0 Å². The molecule has 2 rings (SSSR count). The quantitative estimate of drug-likeness (QED) is 0.790. The first-order valence-corrected chi connectivity index (χ1v) is 8.16. The molecule has 1 aliphatic rings. The summed E-state index contributed by atoms with van der Waals surface area (Å²) < 4.78 is 0. The van der Waals surface area contributed by atoms with Crippen molar-refractivity contribution >= 4 is 23.0 Å². The second-order valence-corrected chi connectivity index (χ2v) is 6.49. The van der Waals surface area contributed by atoms with Gasteiger partial charge < -0.3 is 10.2 Å². The second kappa shape index (κ2) is 7.07. The number of anilines is 1. The molecule has 1 saturated heterocycles. The zero-order chi connectivity index (χ0) is 14.5. The molecule has 1 atom stereocenters. The fraction of sp³-hybridized carbons (Fsp3) is 0.588. The number of hydrogen-bond donors (Lipinski definition) is 1. The van der Waals surface area contributed by atoms with Crippen LogP contribution < -0.4 is 5.32 Å². The molecule has 1 heterocycles. The van der Waals surface area contributed by atoms with Crippen LogP contribution in [0.5, 0.6) is 0 Å². The molecule has 0 spiro atoms. The summed E-state index contributed by atoms with van der Waals surface area (Å²) in [4.78, 5) is 2.35. The van der Waals surface area contributed by atoms with Crippen LogP contribution in [0.2, 0.25) is 0 Å². The Morgan fingerprint density at radius 3 is 2.55 bits per heavy atom. The first kappa shape index (κ1) is 15.3. The van der Waals surface area contributed by atoms with Gasteiger partial charge in [0, 0.05) is 18.3 Å². The van der Waals surface area contributed by atoms with E-state index in [4.69, 9.17) is 12.2 Å². The van der Waals surface area contributed by atoms with Gasteiger partial charge >= 0.3 is 0 Å². The van der Waals surface area contributed by atoms with Gasteiger partial charge in [-0.15, -0.1) is 0 Å². The van der Waals surface area contributed by atoms with Crippen LogP contribution in [0, 0.1) is 0 Å². The SMILES string of the molecule is CC(C)c1ccc(NC(=S)N2CCCCCC2C)cc1. The van der Waals surface area contributed by atoms with E-state index in [9.17, 15) is 0 Å². The summed E-state index contributed by atoms with van der Waals surface area (Å²) in [6, 6.07) is 9.17. The zero-order valence-corrected chi connectivity index (χ0v) is 13.7. The molecule has 1 fully saturated rings. The Hall–Kier alpha value is -1.09. The summed E-state index contributed by atoms with van der Waals surface area (Å²) in [6.45, 7) is 7.79. The van der Waals surface area contributed by atoms with Gasteiger partial charge in [0.2, 0.25) is 0 Å². The van der Waals surface area contributed by atoms with Gasteiger partial charge in [0.15, 0.2) is 5.11 Å². The van der Waals surface area contributed by atoms with Crippen LogP contribution in [-0.4, -0.2) is 22.6 Å². The molecule has 0 aromatic heterocycles. The zero-order valence-electron chi connectivity index (χ0n) is 12.9. The minimum absolute atomic E-state index is 0.549. The minimum atomic E-state index is 0.549. The molecule has 0 amide bonds. The van der Waals surface area contributed by atoms with Gasteiger partial charge in [0.1, 0.15) is 0 Å². The van der Waals surface area contributed by atoms with E-state index >= 15 is 0 Å². The lowest BCUT2D eigenvalue weighted by Gasteiger charge is -2.30. The summed E-state index contributed by atoms with van der Waals surface area (Å²) in [6.07, 6.45) is 5.14. The van der Waals surface area contributed by atoms with Crippen molar-refractivity contribution in [2.24, 2.45) is 0 Å². The maximum absolute atomic E-state index is 5.59. The number of nitrogens with zero attached hydrogens (tertiary/aromatic N) is 1. The molecule has 0 radical (unpaired) electrons. The standard InChI is InChI=1S/C17H26N2S/c1-13(2)15-8-10-16(11-9-15)18-17(20)19-12-6-4-5-7-14(19)3/h8-11,13-14H,4-7,12H2,1-3H3,(H,18,20). The van der Waals surface area contributed by atoms with Crippen molar-refractivity contribution < 1.29 is 0 Å². The molecule has 110 valence electrons. The van der Waals surface area contributed by atoms with Gasteiger partial charge in [0.25, 0.3) is 0 Å². The Morgan fingerprint density at radius 1 is 1.20 bits per heavy atom. The number of benzene rings is 1. The van der Waals surface area contributed by atoms with Gasteiger partial charge in [-0.25, -0.2) is 0 Å². The average Bonchev–Trinajstić information content (AvgIpc) is 2.64. The van der Waals surface area contributed by atoms with Crippen LogP contribution in [-0.2, 0) is 0 Å². The molecule has 1 aromatic rings. The summed E-state index contributed by atoms with van der Waals surface area (Å²) in [7, 11) is 0. The minimum Gasteiger partial charge on any atom is -0.346 e. The highest BCUT2D eigenvalue weighted by molar-refractivity contribution is 7.80. The predicted octanol–water partition coefficient (Wildman–Crippen LogP) is 4.77. The van der Waals surface area contributed by atoms with E-state index in [2.05, 4.69) is 55.3 Å². The molecule has 20 heavy (non-hydrogen) atoms.